The van der Waals surface area contributed by atoms with E-state index in [4.69, 9.17) is 0 Å². The topological polar surface area (TPSA) is 65.2 Å². The molecule has 0 spiro atoms. The summed E-state index contributed by atoms with van der Waals surface area (Å²) in [6, 6.07) is 10.9. The molecule has 4 heteroatoms. The van der Waals surface area contributed by atoms with Gasteiger partial charge in [-0.15, -0.1) is 0 Å². The number of aliphatic imine (C=N–C) groups is 2. The minimum absolute atomic E-state index is 0.256. The number of unbranched alkanes of at least 4 members (excludes halogenated alkanes) is 1. The molecule has 0 heterocycles. The summed E-state index contributed by atoms with van der Waals surface area (Å²) in [7, 11) is 0. The van der Waals surface area contributed by atoms with E-state index in [0.717, 1.165) is 35.1 Å². The van der Waals surface area contributed by atoms with E-state index in [-0.39, 0.29) is 11.5 Å². The monoisotopic (exact) mass is 324 g/mol. The molecule has 126 valence electrons. The number of nitrogens with zero attached hydrogens (tertiary/aromatic N) is 2. The maximum atomic E-state index is 9.73. The maximum Gasteiger partial charge on any atom is 0.124 e. The highest BCUT2D eigenvalue weighted by Gasteiger charge is 1.98. The van der Waals surface area contributed by atoms with E-state index in [1.165, 1.54) is 0 Å². The van der Waals surface area contributed by atoms with E-state index in [1.54, 1.807) is 24.6 Å². The fraction of sp³-hybridized carbons (Fsp3) is 0.300. The van der Waals surface area contributed by atoms with E-state index in [1.807, 2.05) is 38.1 Å². The van der Waals surface area contributed by atoms with Gasteiger partial charge >= 0.3 is 0 Å². The van der Waals surface area contributed by atoms with Crippen LogP contribution >= 0.6 is 0 Å². The average molecular weight is 324 g/mol. The molecule has 0 aromatic heterocycles. The van der Waals surface area contributed by atoms with Gasteiger partial charge in [-0.05, 0) is 51.0 Å². The first kappa shape index (κ1) is 17.7. The van der Waals surface area contributed by atoms with Gasteiger partial charge in [0.15, 0.2) is 0 Å². The van der Waals surface area contributed by atoms with Gasteiger partial charge in [0, 0.05) is 36.6 Å². The Morgan fingerprint density at radius 1 is 0.750 bits per heavy atom. The minimum Gasteiger partial charge on any atom is -0.507 e. The zero-order valence-corrected chi connectivity index (χ0v) is 14.2. The van der Waals surface area contributed by atoms with Crippen molar-refractivity contribution in [1.82, 2.24) is 0 Å². The summed E-state index contributed by atoms with van der Waals surface area (Å²) in [5.74, 6) is 0.513. The second-order valence-corrected chi connectivity index (χ2v) is 5.90. The van der Waals surface area contributed by atoms with Gasteiger partial charge in [-0.25, -0.2) is 0 Å². The lowest BCUT2D eigenvalue weighted by Crippen LogP contribution is -1.90. The van der Waals surface area contributed by atoms with Gasteiger partial charge < -0.3 is 10.2 Å². The van der Waals surface area contributed by atoms with Gasteiger partial charge in [0.25, 0.3) is 0 Å². The first-order chi connectivity index (χ1) is 11.6. The summed E-state index contributed by atoms with van der Waals surface area (Å²) in [4.78, 5) is 8.70. The summed E-state index contributed by atoms with van der Waals surface area (Å²) in [5, 5.41) is 19.5. The van der Waals surface area contributed by atoms with Crippen molar-refractivity contribution < 1.29 is 10.2 Å². The zero-order valence-electron chi connectivity index (χ0n) is 14.2. The molecule has 0 amide bonds. The third-order valence-corrected chi connectivity index (χ3v) is 3.65. The summed E-state index contributed by atoms with van der Waals surface area (Å²) in [6.07, 6.45) is 5.30. The molecule has 2 N–H and O–H groups in total. The van der Waals surface area contributed by atoms with Crippen molar-refractivity contribution in [2.24, 2.45) is 9.98 Å². The van der Waals surface area contributed by atoms with E-state index in [2.05, 4.69) is 9.98 Å². The maximum absolute atomic E-state index is 9.73. The molecule has 0 saturated heterocycles. The summed E-state index contributed by atoms with van der Waals surface area (Å²) in [5.41, 5.74) is 3.71. The number of aryl methyl sites for hydroxylation is 2. The van der Waals surface area contributed by atoms with Crippen LogP contribution in [0.25, 0.3) is 0 Å². The molecule has 2 aromatic rings. The summed E-state index contributed by atoms with van der Waals surface area (Å²) >= 11 is 0. The van der Waals surface area contributed by atoms with Gasteiger partial charge in [0.1, 0.15) is 11.5 Å². The molecule has 2 aromatic carbocycles. The van der Waals surface area contributed by atoms with Gasteiger partial charge in [-0.1, -0.05) is 23.3 Å². The van der Waals surface area contributed by atoms with E-state index < -0.39 is 0 Å². The van der Waals surface area contributed by atoms with Crippen LogP contribution < -0.4 is 0 Å². The highest BCUT2D eigenvalue weighted by atomic mass is 16.3. The highest BCUT2D eigenvalue weighted by molar-refractivity contribution is 5.84. The number of phenolic OH excluding ortho intramolecular Hbond substituents is 2. The Morgan fingerprint density at radius 3 is 1.58 bits per heavy atom. The van der Waals surface area contributed by atoms with E-state index in [0.29, 0.717) is 13.1 Å². The van der Waals surface area contributed by atoms with Gasteiger partial charge in [-0.2, -0.15) is 0 Å². The van der Waals surface area contributed by atoms with Crippen molar-refractivity contribution in [2.75, 3.05) is 13.1 Å². The number of phenols is 2. The molecule has 0 aliphatic rings. The predicted octanol–water partition coefficient (Wildman–Crippen LogP) is 4.03. The number of hydrogen-bond donors (Lipinski definition) is 2. The number of benzene rings is 2. The van der Waals surface area contributed by atoms with Crippen LogP contribution in [0.15, 0.2) is 46.4 Å². The fourth-order valence-corrected chi connectivity index (χ4v) is 2.29. The molecule has 0 aliphatic heterocycles. The van der Waals surface area contributed by atoms with Crippen LogP contribution in [0.5, 0.6) is 11.5 Å². The largest absolute Gasteiger partial charge is 0.507 e. The third kappa shape index (κ3) is 5.54. The average Bonchev–Trinajstić information content (AvgIpc) is 2.56. The van der Waals surface area contributed by atoms with Crippen molar-refractivity contribution in [3.63, 3.8) is 0 Å². The lowest BCUT2D eigenvalue weighted by Gasteiger charge is -2.01. The summed E-state index contributed by atoms with van der Waals surface area (Å²) < 4.78 is 0. The normalized spacial score (nSPS) is 11.6. The van der Waals surface area contributed by atoms with Crippen LogP contribution in [0.1, 0.15) is 35.1 Å². The molecule has 4 nitrogen and oxygen atoms in total. The zero-order chi connectivity index (χ0) is 17.4. The highest BCUT2D eigenvalue weighted by Crippen LogP contribution is 2.16. The molecule has 0 bridgehead atoms. The lowest BCUT2D eigenvalue weighted by molar-refractivity contribution is 0.473. The molecule has 0 radical (unpaired) electrons. The van der Waals surface area contributed by atoms with E-state index in [9.17, 15) is 10.2 Å². The van der Waals surface area contributed by atoms with Crippen LogP contribution in [0.4, 0.5) is 0 Å². The van der Waals surface area contributed by atoms with E-state index >= 15 is 0 Å². The van der Waals surface area contributed by atoms with Crippen molar-refractivity contribution in [1.29, 1.82) is 0 Å². The smallest absolute Gasteiger partial charge is 0.124 e. The lowest BCUT2D eigenvalue weighted by atomic mass is 10.1. The van der Waals surface area contributed by atoms with Crippen molar-refractivity contribution in [2.45, 2.75) is 26.7 Å². The molecule has 24 heavy (non-hydrogen) atoms. The molecular formula is C20H24N2O2. The first-order valence-corrected chi connectivity index (χ1v) is 8.15. The molecule has 0 saturated carbocycles. The Labute approximate surface area is 143 Å². The molecule has 2 rings (SSSR count). The predicted molar refractivity (Wildman–Crippen MR) is 99.8 cm³/mol. The van der Waals surface area contributed by atoms with Crippen LogP contribution in [-0.4, -0.2) is 35.7 Å². The van der Waals surface area contributed by atoms with Crippen LogP contribution in [0.3, 0.4) is 0 Å². The van der Waals surface area contributed by atoms with Gasteiger partial charge in [0.05, 0.1) is 0 Å². The molecule has 0 unspecified atom stereocenters. The number of rotatable bonds is 7. The number of hydrogen-bond acceptors (Lipinski definition) is 4. The quantitative estimate of drug-likeness (QED) is 0.596. The second kappa shape index (κ2) is 8.87. The minimum atomic E-state index is 0.256. The Morgan fingerprint density at radius 2 is 1.17 bits per heavy atom. The van der Waals surface area contributed by atoms with Gasteiger partial charge in [0.2, 0.25) is 0 Å². The van der Waals surface area contributed by atoms with Gasteiger partial charge in [-0.3, -0.25) is 9.98 Å². The standard InChI is InChI=1S/C20H24N2O2/c1-15-5-7-19(23)17(11-15)13-21-9-3-4-10-22-14-18-12-16(2)6-8-20(18)24/h5-8,11-14,23-24H,3-4,9-10H2,1-2H3. The second-order valence-electron chi connectivity index (χ2n) is 5.90. The van der Waals surface area contributed by atoms with Crippen LogP contribution in [0.2, 0.25) is 0 Å². The van der Waals surface area contributed by atoms with Crippen molar-refractivity contribution >= 4 is 12.4 Å². The molecular weight excluding hydrogens is 300 g/mol. The molecule has 0 atom stereocenters. The third-order valence-electron chi connectivity index (χ3n) is 3.65. The van der Waals surface area contributed by atoms with Crippen LogP contribution in [-0.2, 0) is 0 Å². The van der Waals surface area contributed by atoms with Crippen molar-refractivity contribution in [3.05, 3.63) is 58.7 Å². The fourth-order valence-electron chi connectivity index (χ4n) is 2.29. The Hall–Kier alpha value is -2.62. The summed E-state index contributed by atoms with van der Waals surface area (Å²) in [6.45, 7) is 5.39. The molecule has 0 aliphatic carbocycles. The molecule has 0 fully saturated rings. The Balaban J connectivity index is 1.71. The SMILES string of the molecule is Cc1ccc(O)c(C=NCCCCN=Cc2cc(C)ccc2O)c1. The van der Waals surface area contributed by atoms with Crippen molar-refractivity contribution in [3.8, 4) is 11.5 Å². The first-order valence-electron chi connectivity index (χ1n) is 8.15. The Bertz CT molecular complexity index is 673. The van der Waals surface area contributed by atoms with Crippen LogP contribution in [0, 0.1) is 13.8 Å². The Kier molecular flexibility index (Phi) is 6.55. The number of aromatic hydroxyl groups is 2.